The van der Waals surface area contributed by atoms with Crippen molar-refractivity contribution in [3.05, 3.63) is 73.1 Å². The Hall–Kier alpha value is -2.94. The van der Waals surface area contributed by atoms with Gasteiger partial charge in [0.05, 0.1) is 0 Å². The molecule has 0 aliphatic carbocycles. The van der Waals surface area contributed by atoms with Crippen molar-refractivity contribution in [2.75, 3.05) is 0 Å². The fourth-order valence-electron chi connectivity index (χ4n) is 2.34. The fraction of sp³-hybridized carbons (Fsp3) is 0. The van der Waals surface area contributed by atoms with Gasteiger partial charge >= 0.3 is 0 Å². The minimum absolute atomic E-state index is 0.647. The minimum Gasteiger partial charge on any atom is -0.436 e. The number of fused-ring (bicyclic) bond motifs is 1. The molecule has 0 amide bonds. The third-order valence-corrected chi connectivity index (χ3v) is 3.40. The van der Waals surface area contributed by atoms with Gasteiger partial charge in [-0.05, 0) is 35.9 Å². The molecule has 0 bridgehead atoms. The summed E-state index contributed by atoms with van der Waals surface area (Å²) in [6, 6.07) is 19.9. The number of oxazole rings is 1. The molecule has 4 rings (SSSR count). The number of aromatic nitrogens is 2. The summed E-state index contributed by atoms with van der Waals surface area (Å²) in [7, 11) is 0. The van der Waals surface area contributed by atoms with Crippen molar-refractivity contribution in [2.24, 2.45) is 0 Å². The molecule has 2 aromatic heterocycles. The van der Waals surface area contributed by atoms with Gasteiger partial charge in [-0.2, -0.15) is 0 Å². The van der Waals surface area contributed by atoms with E-state index in [1.807, 2.05) is 66.9 Å². The van der Waals surface area contributed by atoms with E-state index >= 15 is 0 Å². The van der Waals surface area contributed by atoms with Crippen LogP contribution in [-0.4, -0.2) is 9.97 Å². The van der Waals surface area contributed by atoms with Crippen molar-refractivity contribution in [3.8, 4) is 22.6 Å². The number of hydrogen-bond acceptors (Lipinski definition) is 3. The lowest BCUT2D eigenvalue weighted by atomic mass is 10.1. The summed E-state index contributed by atoms with van der Waals surface area (Å²) in [5.41, 5.74) is 4.77. The second-order valence-corrected chi connectivity index (χ2v) is 4.81. The van der Waals surface area contributed by atoms with Crippen LogP contribution in [0.4, 0.5) is 0 Å². The van der Waals surface area contributed by atoms with E-state index in [1.54, 1.807) is 6.20 Å². The molecule has 0 saturated carbocycles. The van der Waals surface area contributed by atoms with Crippen LogP contribution in [0, 0.1) is 0 Å². The molecule has 4 aromatic rings. The van der Waals surface area contributed by atoms with E-state index in [-0.39, 0.29) is 0 Å². The van der Waals surface area contributed by atoms with Crippen LogP contribution in [0.3, 0.4) is 0 Å². The third kappa shape index (κ3) is 2.19. The summed E-state index contributed by atoms with van der Waals surface area (Å²) in [5.74, 6) is 0.647. The molecular formula is C18H12N2O. The minimum atomic E-state index is 0.647. The van der Waals surface area contributed by atoms with E-state index in [2.05, 4.69) is 9.97 Å². The van der Waals surface area contributed by atoms with Gasteiger partial charge in [0.25, 0.3) is 0 Å². The van der Waals surface area contributed by atoms with Crippen molar-refractivity contribution in [1.29, 1.82) is 0 Å². The molecule has 0 aliphatic heterocycles. The molecular weight excluding hydrogens is 260 g/mol. The third-order valence-electron chi connectivity index (χ3n) is 3.40. The van der Waals surface area contributed by atoms with Crippen LogP contribution in [0.15, 0.2) is 77.5 Å². The predicted molar refractivity (Wildman–Crippen MR) is 82.7 cm³/mol. The van der Waals surface area contributed by atoms with Gasteiger partial charge in [0.2, 0.25) is 5.89 Å². The van der Waals surface area contributed by atoms with Gasteiger partial charge < -0.3 is 4.42 Å². The van der Waals surface area contributed by atoms with E-state index in [4.69, 9.17) is 4.42 Å². The Balaban J connectivity index is 1.82. The van der Waals surface area contributed by atoms with Crippen molar-refractivity contribution in [3.63, 3.8) is 0 Å². The molecule has 3 heteroatoms. The van der Waals surface area contributed by atoms with Crippen molar-refractivity contribution >= 4 is 11.1 Å². The second-order valence-electron chi connectivity index (χ2n) is 4.81. The van der Waals surface area contributed by atoms with E-state index in [0.29, 0.717) is 5.89 Å². The summed E-state index contributed by atoms with van der Waals surface area (Å²) < 4.78 is 5.88. The monoisotopic (exact) mass is 272 g/mol. The van der Waals surface area contributed by atoms with E-state index in [1.165, 1.54) is 0 Å². The summed E-state index contributed by atoms with van der Waals surface area (Å²) in [4.78, 5) is 8.68. The molecule has 2 heterocycles. The molecule has 2 aromatic carbocycles. The standard InChI is InChI=1S/C18H12N2O/c1-2-5-13(6-3-1)18-20-16-9-8-14(11-17(16)21-18)15-7-4-10-19-12-15/h1-12H. The number of rotatable bonds is 2. The molecule has 3 nitrogen and oxygen atoms in total. The second kappa shape index (κ2) is 4.87. The first-order valence-corrected chi connectivity index (χ1v) is 6.76. The zero-order chi connectivity index (χ0) is 14.1. The van der Waals surface area contributed by atoms with Crippen LogP contribution in [0.5, 0.6) is 0 Å². The highest BCUT2D eigenvalue weighted by atomic mass is 16.3. The Kier molecular flexibility index (Phi) is 2.75. The predicted octanol–water partition coefficient (Wildman–Crippen LogP) is 4.56. The fourth-order valence-corrected chi connectivity index (χ4v) is 2.34. The number of nitrogens with zero attached hydrogens (tertiary/aromatic N) is 2. The molecule has 0 N–H and O–H groups in total. The van der Waals surface area contributed by atoms with Crippen LogP contribution >= 0.6 is 0 Å². The largest absolute Gasteiger partial charge is 0.436 e. The zero-order valence-corrected chi connectivity index (χ0v) is 11.2. The van der Waals surface area contributed by atoms with Gasteiger partial charge in [-0.15, -0.1) is 0 Å². The van der Waals surface area contributed by atoms with Crippen molar-refractivity contribution in [2.45, 2.75) is 0 Å². The lowest BCUT2D eigenvalue weighted by Crippen LogP contribution is -1.78. The lowest BCUT2D eigenvalue weighted by Gasteiger charge is -1.99. The molecule has 0 saturated heterocycles. The highest BCUT2D eigenvalue weighted by Crippen LogP contribution is 2.28. The molecule has 0 radical (unpaired) electrons. The van der Waals surface area contributed by atoms with Crippen LogP contribution in [0.2, 0.25) is 0 Å². The molecule has 0 fully saturated rings. The van der Waals surface area contributed by atoms with Crippen molar-refractivity contribution in [1.82, 2.24) is 9.97 Å². The van der Waals surface area contributed by atoms with Gasteiger partial charge in [-0.25, -0.2) is 4.98 Å². The first kappa shape index (κ1) is 11.9. The number of benzene rings is 2. The molecule has 0 spiro atoms. The highest BCUT2D eigenvalue weighted by molar-refractivity contribution is 5.82. The zero-order valence-electron chi connectivity index (χ0n) is 11.2. The number of pyridine rings is 1. The average molecular weight is 272 g/mol. The first-order valence-electron chi connectivity index (χ1n) is 6.76. The summed E-state index contributed by atoms with van der Waals surface area (Å²) >= 11 is 0. The topological polar surface area (TPSA) is 38.9 Å². The van der Waals surface area contributed by atoms with Crippen LogP contribution in [-0.2, 0) is 0 Å². The maximum absolute atomic E-state index is 5.88. The lowest BCUT2D eigenvalue weighted by molar-refractivity contribution is 0.620. The number of hydrogen-bond donors (Lipinski definition) is 0. The van der Waals surface area contributed by atoms with Crippen LogP contribution in [0.1, 0.15) is 0 Å². The van der Waals surface area contributed by atoms with Gasteiger partial charge in [-0.3, -0.25) is 4.98 Å². The molecule has 0 aliphatic rings. The van der Waals surface area contributed by atoms with E-state index in [0.717, 1.165) is 27.8 Å². The van der Waals surface area contributed by atoms with E-state index < -0.39 is 0 Å². The Morgan fingerprint density at radius 1 is 0.762 bits per heavy atom. The SMILES string of the molecule is c1ccc(-c2nc3ccc(-c4cccnc4)cc3o2)cc1. The quantitative estimate of drug-likeness (QED) is 0.537. The van der Waals surface area contributed by atoms with Gasteiger partial charge in [0.15, 0.2) is 5.58 Å². The molecule has 0 unspecified atom stereocenters. The Morgan fingerprint density at radius 2 is 1.62 bits per heavy atom. The van der Waals surface area contributed by atoms with Gasteiger partial charge in [-0.1, -0.05) is 30.3 Å². The van der Waals surface area contributed by atoms with Gasteiger partial charge in [0.1, 0.15) is 5.52 Å². The summed E-state index contributed by atoms with van der Waals surface area (Å²) in [6.07, 6.45) is 3.61. The molecule has 21 heavy (non-hydrogen) atoms. The smallest absolute Gasteiger partial charge is 0.227 e. The first-order chi connectivity index (χ1) is 10.4. The summed E-state index contributed by atoms with van der Waals surface area (Å²) in [6.45, 7) is 0. The van der Waals surface area contributed by atoms with Gasteiger partial charge in [0, 0.05) is 23.5 Å². The Bertz CT molecular complexity index is 845. The molecule has 100 valence electrons. The average Bonchev–Trinajstić information content (AvgIpc) is 2.99. The van der Waals surface area contributed by atoms with E-state index in [9.17, 15) is 0 Å². The maximum atomic E-state index is 5.88. The Labute approximate surface area is 121 Å². The Morgan fingerprint density at radius 3 is 2.43 bits per heavy atom. The van der Waals surface area contributed by atoms with Crippen molar-refractivity contribution < 1.29 is 4.42 Å². The normalized spacial score (nSPS) is 10.9. The highest BCUT2D eigenvalue weighted by Gasteiger charge is 2.09. The van der Waals surface area contributed by atoms with Crippen LogP contribution in [0.25, 0.3) is 33.7 Å². The van der Waals surface area contributed by atoms with Crippen LogP contribution < -0.4 is 0 Å². The molecule has 0 atom stereocenters. The summed E-state index contributed by atoms with van der Waals surface area (Å²) in [5, 5.41) is 0. The maximum Gasteiger partial charge on any atom is 0.227 e.